The van der Waals surface area contributed by atoms with Crippen LogP contribution in [0.15, 0.2) is 16.8 Å². The van der Waals surface area contributed by atoms with Gasteiger partial charge in [0.25, 0.3) is 5.91 Å². The Morgan fingerprint density at radius 1 is 1.35 bits per heavy atom. The van der Waals surface area contributed by atoms with E-state index in [1.54, 1.807) is 45.0 Å². The van der Waals surface area contributed by atoms with Gasteiger partial charge in [0.2, 0.25) is 5.88 Å². The Hall–Kier alpha value is -3.62. The summed E-state index contributed by atoms with van der Waals surface area (Å²) in [6.45, 7) is 8.16. The van der Waals surface area contributed by atoms with Crippen molar-refractivity contribution in [2.24, 2.45) is 5.92 Å². The van der Waals surface area contributed by atoms with Crippen LogP contribution in [-0.2, 0) is 0 Å². The minimum atomic E-state index is -0.473. The van der Waals surface area contributed by atoms with Gasteiger partial charge in [0.15, 0.2) is 5.76 Å². The van der Waals surface area contributed by atoms with Crippen LogP contribution in [0.25, 0.3) is 0 Å². The van der Waals surface area contributed by atoms with Crippen LogP contribution < -0.4 is 10.1 Å². The van der Waals surface area contributed by atoms with E-state index in [4.69, 9.17) is 9.26 Å². The molecule has 3 amide bonds. The van der Waals surface area contributed by atoms with Crippen molar-refractivity contribution in [2.75, 3.05) is 52.7 Å². The van der Waals surface area contributed by atoms with Crippen LogP contribution in [-0.4, -0.2) is 101 Å². The number of likely N-dealkylation sites (N-methyl/N-ethyl adjacent to an activating group) is 1. The van der Waals surface area contributed by atoms with Crippen molar-refractivity contribution >= 4 is 17.6 Å². The van der Waals surface area contributed by atoms with E-state index in [9.17, 15) is 14.7 Å². The van der Waals surface area contributed by atoms with Gasteiger partial charge in [0.05, 0.1) is 25.7 Å². The minimum absolute atomic E-state index is 0.165. The Morgan fingerprint density at radius 2 is 2.08 bits per heavy atom. The number of aliphatic hydroxyl groups excluding tert-OH is 1. The molecule has 0 fully saturated rings. The molecule has 200 valence electrons. The largest absolute Gasteiger partial charge is 0.472 e. The molecule has 0 saturated heterocycles. The molecule has 0 aliphatic carbocycles. The monoisotopic (exact) mass is 512 g/mol. The number of pyridine rings is 1. The van der Waals surface area contributed by atoms with Crippen LogP contribution in [0.1, 0.15) is 41.2 Å². The van der Waals surface area contributed by atoms with Crippen LogP contribution in [0.2, 0.25) is 0 Å². The molecule has 0 radical (unpaired) electrons. The molecule has 1 aliphatic rings. The molecule has 11 nitrogen and oxygen atoms in total. The van der Waals surface area contributed by atoms with E-state index in [0.717, 1.165) is 0 Å². The summed E-state index contributed by atoms with van der Waals surface area (Å²) in [6.07, 6.45) is 1.10. The number of fused-ring (bicyclic) bond motifs is 1. The molecular formula is C26H36N6O5. The third-order valence-corrected chi connectivity index (χ3v) is 6.21. The van der Waals surface area contributed by atoms with Crippen molar-refractivity contribution < 1.29 is 24.0 Å². The molecule has 1 aliphatic heterocycles. The highest BCUT2D eigenvalue weighted by Crippen LogP contribution is 2.27. The van der Waals surface area contributed by atoms with Gasteiger partial charge < -0.3 is 29.5 Å². The number of hydrogen-bond donors (Lipinski definition) is 2. The van der Waals surface area contributed by atoms with Crippen molar-refractivity contribution in [3.8, 4) is 17.7 Å². The fourth-order valence-electron chi connectivity index (χ4n) is 3.90. The van der Waals surface area contributed by atoms with Gasteiger partial charge in [0, 0.05) is 31.3 Å². The number of urea groups is 1. The lowest BCUT2D eigenvalue weighted by Gasteiger charge is -2.37. The lowest BCUT2D eigenvalue weighted by Crippen LogP contribution is -2.50. The zero-order chi connectivity index (χ0) is 27.3. The molecule has 3 heterocycles. The maximum Gasteiger partial charge on any atom is 0.321 e. The number of aromatic nitrogens is 2. The van der Waals surface area contributed by atoms with Crippen LogP contribution in [0.5, 0.6) is 5.88 Å². The average molecular weight is 513 g/mol. The first-order chi connectivity index (χ1) is 17.5. The van der Waals surface area contributed by atoms with Crippen molar-refractivity contribution in [1.82, 2.24) is 24.8 Å². The summed E-state index contributed by atoms with van der Waals surface area (Å²) in [5.74, 6) is 6.32. The fraction of sp³-hybridized carbons (Fsp3) is 0.538. The van der Waals surface area contributed by atoms with E-state index in [-0.39, 0.29) is 42.5 Å². The van der Waals surface area contributed by atoms with Crippen molar-refractivity contribution in [2.45, 2.75) is 39.8 Å². The molecule has 2 N–H and O–H groups in total. The zero-order valence-electron chi connectivity index (χ0n) is 22.5. The fourth-order valence-corrected chi connectivity index (χ4v) is 3.90. The van der Waals surface area contributed by atoms with E-state index in [1.807, 2.05) is 25.9 Å². The van der Waals surface area contributed by atoms with Crippen molar-refractivity contribution in [3.63, 3.8) is 0 Å². The number of hydrogen-bond acceptors (Lipinski definition) is 8. The Morgan fingerprint density at radius 3 is 2.70 bits per heavy atom. The number of aryl methyl sites for hydroxylation is 2. The number of amides is 3. The van der Waals surface area contributed by atoms with E-state index in [2.05, 4.69) is 27.3 Å². The van der Waals surface area contributed by atoms with E-state index in [1.165, 1.54) is 4.90 Å². The second-order valence-corrected chi connectivity index (χ2v) is 9.75. The Balaban J connectivity index is 1.88. The van der Waals surface area contributed by atoms with Gasteiger partial charge >= 0.3 is 6.03 Å². The lowest BCUT2D eigenvalue weighted by atomic mass is 10.00. The SMILES string of the molecule is Cc1noc(C)c1NC(=O)N(C)C[C@@H]1Oc2ncc(C#CCN(C)C)cc2C(=O)N([C@H](C)CO)C[C@@H]1C. The van der Waals surface area contributed by atoms with E-state index >= 15 is 0 Å². The Bertz CT molecular complexity index is 1160. The summed E-state index contributed by atoms with van der Waals surface area (Å²) in [5.41, 5.74) is 1.99. The molecule has 0 unspecified atom stereocenters. The average Bonchev–Trinajstić information content (AvgIpc) is 3.17. The molecular weight excluding hydrogens is 476 g/mol. The normalized spacial score (nSPS) is 18.2. The van der Waals surface area contributed by atoms with Gasteiger partial charge in [-0.15, -0.1) is 0 Å². The number of carbonyl (C=O) groups is 2. The van der Waals surface area contributed by atoms with Gasteiger partial charge in [-0.25, -0.2) is 9.78 Å². The Kier molecular flexibility index (Phi) is 9.13. The van der Waals surface area contributed by atoms with Crippen LogP contribution >= 0.6 is 0 Å². The molecule has 37 heavy (non-hydrogen) atoms. The van der Waals surface area contributed by atoms with Gasteiger partial charge in [-0.1, -0.05) is 23.9 Å². The minimum Gasteiger partial charge on any atom is -0.472 e. The third kappa shape index (κ3) is 6.78. The third-order valence-electron chi connectivity index (χ3n) is 6.21. The van der Waals surface area contributed by atoms with Crippen LogP contribution in [0.3, 0.4) is 0 Å². The molecule has 3 rings (SSSR count). The van der Waals surface area contributed by atoms with Crippen LogP contribution in [0, 0.1) is 31.6 Å². The Labute approximate surface area is 217 Å². The number of carbonyl (C=O) groups excluding carboxylic acids is 2. The van der Waals surface area contributed by atoms with Gasteiger partial charge in [-0.05, 0) is 40.9 Å². The number of nitrogens with one attached hydrogen (secondary N) is 1. The summed E-state index contributed by atoms with van der Waals surface area (Å²) >= 11 is 0. The number of nitrogens with zero attached hydrogens (tertiary/aromatic N) is 5. The summed E-state index contributed by atoms with van der Waals surface area (Å²) < 4.78 is 11.4. The molecule has 0 saturated carbocycles. The quantitative estimate of drug-likeness (QED) is 0.563. The molecule has 0 bridgehead atoms. The first-order valence-corrected chi connectivity index (χ1v) is 12.2. The molecule has 3 atom stereocenters. The van der Waals surface area contributed by atoms with Crippen LogP contribution in [0.4, 0.5) is 10.5 Å². The van der Waals surface area contributed by atoms with E-state index in [0.29, 0.717) is 35.8 Å². The topological polar surface area (TPSA) is 124 Å². The number of anilines is 1. The van der Waals surface area contributed by atoms with Gasteiger partial charge in [0.1, 0.15) is 23.0 Å². The molecule has 2 aromatic heterocycles. The summed E-state index contributed by atoms with van der Waals surface area (Å²) in [6, 6.07) is 0.917. The van der Waals surface area contributed by atoms with Gasteiger partial charge in [-0.3, -0.25) is 9.69 Å². The lowest BCUT2D eigenvalue weighted by molar-refractivity contribution is 0.0356. The highest BCUT2D eigenvalue weighted by molar-refractivity contribution is 5.97. The first kappa shape index (κ1) is 28.0. The number of rotatable bonds is 6. The summed E-state index contributed by atoms with van der Waals surface area (Å²) in [5, 5.41) is 16.5. The van der Waals surface area contributed by atoms with Crippen molar-refractivity contribution in [3.05, 3.63) is 34.8 Å². The number of aliphatic hydroxyl groups is 1. The maximum atomic E-state index is 13.5. The first-order valence-electron chi connectivity index (χ1n) is 12.2. The van der Waals surface area contributed by atoms with Crippen molar-refractivity contribution in [1.29, 1.82) is 0 Å². The zero-order valence-corrected chi connectivity index (χ0v) is 22.5. The summed E-state index contributed by atoms with van der Waals surface area (Å²) in [7, 11) is 5.51. The second-order valence-electron chi connectivity index (χ2n) is 9.75. The summed E-state index contributed by atoms with van der Waals surface area (Å²) in [4.78, 5) is 35.9. The van der Waals surface area contributed by atoms with Gasteiger partial charge in [-0.2, -0.15) is 0 Å². The molecule has 11 heteroatoms. The standard InChI is InChI=1S/C26H36N6O5/c1-16-13-32(17(2)15-33)25(34)21-11-20(9-8-10-30(5)6)12-27-24(21)36-22(16)14-31(7)26(35)28-23-18(3)29-37-19(23)4/h11-12,16-17,22,33H,10,13-15H2,1-7H3,(H,28,35)/t16-,17+,22-/m0/s1. The predicted octanol–water partition coefficient (Wildman–Crippen LogP) is 1.98. The molecule has 2 aromatic rings. The second kappa shape index (κ2) is 12.1. The predicted molar refractivity (Wildman–Crippen MR) is 138 cm³/mol. The highest BCUT2D eigenvalue weighted by atomic mass is 16.5. The molecule has 0 aromatic carbocycles. The molecule has 0 spiro atoms. The number of ether oxygens (including phenoxy) is 1. The smallest absolute Gasteiger partial charge is 0.321 e. The van der Waals surface area contributed by atoms with E-state index < -0.39 is 12.1 Å². The highest BCUT2D eigenvalue weighted by Gasteiger charge is 2.34. The maximum absolute atomic E-state index is 13.5.